The van der Waals surface area contributed by atoms with Crippen LogP contribution in [0.1, 0.15) is 79.2 Å². The Morgan fingerprint density at radius 3 is 2.42 bits per heavy atom. The van der Waals surface area contributed by atoms with Crippen molar-refractivity contribution in [2.45, 2.75) is 104 Å². The van der Waals surface area contributed by atoms with Gasteiger partial charge in [0.2, 0.25) is 0 Å². The van der Waals surface area contributed by atoms with Gasteiger partial charge in [0, 0.05) is 18.4 Å². The second kappa shape index (κ2) is 12.2. The average molecular weight is 541 g/mol. The normalized spacial score (nSPS) is 27.2. The molecule has 0 spiro atoms. The molecule has 2 aliphatic carbocycles. The van der Waals surface area contributed by atoms with Crippen molar-refractivity contribution < 1.29 is 18.7 Å². The zero-order valence-corrected chi connectivity index (χ0v) is 26.5. The van der Waals surface area contributed by atoms with Crippen LogP contribution in [-0.2, 0) is 20.6 Å². The first-order chi connectivity index (χ1) is 17.7. The number of methoxy groups -OCH3 is 1. The van der Waals surface area contributed by atoms with E-state index in [1.807, 2.05) is 24.3 Å². The zero-order chi connectivity index (χ0) is 28.3. The van der Waals surface area contributed by atoms with E-state index in [1.165, 1.54) is 11.1 Å². The van der Waals surface area contributed by atoms with Gasteiger partial charge in [-0.05, 0) is 79.3 Å². The van der Waals surface area contributed by atoms with Crippen molar-refractivity contribution in [1.29, 1.82) is 0 Å². The Bertz CT molecular complexity index is 999. The van der Waals surface area contributed by atoms with Crippen LogP contribution in [0.25, 0.3) is 0 Å². The first-order valence-corrected chi connectivity index (χ1v) is 17.4. The fraction of sp³-hybridized carbons (Fsp3) is 0.667. The highest BCUT2D eigenvalue weighted by Crippen LogP contribution is 2.51. The highest BCUT2D eigenvalue weighted by Gasteiger charge is 2.48. The number of carbonyl (C=O) groups excluding carboxylic acids is 1. The minimum atomic E-state index is -1.76. The van der Waals surface area contributed by atoms with Crippen LogP contribution in [0.4, 0.5) is 0 Å². The van der Waals surface area contributed by atoms with E-state index >= 15 is 0 Å². The Balaban J connectivity index is 1.73. The molecular weight excluding hydrogens is 488 g/mol. The molecule has 0 aromatic heterocycles. The largest absolute Gasteiger partial charge is 0.497 e. The summed E-state index contributed by atoms with van der Waals surface area (Å²) in [5.74, 6) is 1.24. The number of hydrogen-bond donors (Lipinski definition) is 0. The number of Topliss-reactive ketones (excluding diaryl/α,β-unsaturated/α-hetero) is 1. The summed E-state index contributed by atoms with van der Waals surface area (Å²) in [7, 11) is -0.0875. The molecule has 1 fully saturated rings. The molecule has 2 bridgehead atoms. The van der Waals surface area contributed by atoms with E-state index < -0.39 is 14.4 Å². The van der Waals surface area contributed by atoms with Gasteiger partial charge in [0.15, 0.2) is 14.1 Å². The molecule has 212 valence electrons. The van der Waals surface area contributed by atoms with E-state index in [-0.39, 0.29) is 34.0 Å². The van der Waals surface area contributed by atoms with Gasteiger partial charge in [-0.15, -0.1) is 0 Å². The number of hydrogen-bond acceptors (Lipinski definition) is 4. The van der Waals surface area contributed by atoms with Crippen LogP contribution in [0, 0.1) is 23.2 Å². The lowest BCUT2D eigenvalue weighted by Crippen LogP contribution is -2.42. The highest BCUT2D eigenvalue weighted by atomic mass is 28.4. The maximum Gasteiger partial charge on any atom is 0.191 e. The molecule has 1 aromatic carbocycles. The second-order valence-electron chi connectivity index (χ2n) is 13.6. The SMILES string of the molecule is C=C(CCCO[Si](C)(C)C(C)(C)C)[C@H]1C/C=C2/CC[C@H]([C@@H](OCc3ccc(OC)cc3)C(=O)[C@@H]1C)C2(C)C. The average Bonchev–Trinajstić information content (AvgIpc) is 3.15. The summed E-state index contributed by atoms with van der Waals surface area (Å²) < 4.78 is 18.2. The molecule has 5 heteroatoms. The van der Waals surface area contributed by atoms with Gasteiger partial charge in [-0.2, -0.15) is 0 Å². The smallest absolute Gasteiger partial charge is 0.191 e. The van der Waals surface area contributed by atoms with Crippen molar-refractivity contribution in [3.63, 3.8) is 0 Å². The number of allylic oxidation sites excluding steroid dienone is 3. The van der Waals surface area contributed by atoms with Crippen LogP contribution in [0.2, 0.25) is 18.1 Å². The quantitative estimate of drug-likeness (QED) is 0.169. The topological polar surface area (TPSA) is 44.8 Å². The highest BCUT2D eigenvalue weighted by molar-refractivity contribution is 6.74. The second-order valence-corrected chi connectivity index (χ2v) is 18.4. The lowest BCUT2D eigenvalue weighted by atomic mass is 9.73. The summed E-state index contributed by atoms with van der Waals surface area (Å²) in [6.07, 6.45) is 6.78. The molecule has 38 heavy (non-hydrogen) atoms. The van der Waals surface area contributed by atoms with E-state index in [2.05, 4.69) is 67.3 Å². The summed E-state index contributed by atoms with van der Waals surface area (Å²) in [4.78, 5) is 14.1. The van der Waals surface area contributed by atoms with Crippen molar-refractivity contribution in [1.82, 2.24) is 0 Å². The van der Waals surface area contributed by atoms with Crippen LogP contribution >= 0.6 is 0 Å². The maximum atomic E-state index is 14.1. The predicted molar refractivity (Wildman–Crippen MR) is 160 cm³/mol. The molecule has 1 aromatic rings. The molecule has 4 atom stereocenters. The van der Waals surface area contributed by atoms with Gasteiger partial charge < -0.3 is 13.9 Å². The van der Waals surface area contributed by atoms with Crippen LogP contribution in [0.3, 0.4) is 0 Å². The summed E-state index contributed by atoms with van der Waals surface area (Å²) in [5.41, 5.74) is 3.65. The van der Waals surface area contributed by atoms with Crippen LogP contribution in [0.15, 0.2) is 48.1 Å². The molecule has 3 rings (SSSR count). The molecule has 0 amide bonds. The van der Waals surface area contributed by atoms with Gasteiger partial charge in [-0.25, -0.2) is 0 Å². The Kier molecular flexibility index (Phi) is 9.92. The minimum Gasteiger partial charge on any atom is -0.497 e. The predicted octanol–water partition coefficient (Wildman–Crippen LogP) is 8.53. The number of fused-ring (bicyclic) bond motifs is 2. The third-order valence-corrected chi connectivity index (χ3v) is 14.4. The summed E-state index contributed by atoms with van der Waals surface area (Å²) in [5, 5.41) is 0.210. The molecule has 1 saturated carbocycles. The van der Waals surface area contributed by atoms with Crippen molar-refractivity contribution in [3.8, 4) is 5.75 Å². The van der Waals surface area contributed by atoms with Crippen molar-refractivity contribution in [3.05, 3.63) is 53.6 Å². The first-order valence-electron chi connectivity index (χ1n) is 14.5. The molecule has 0 unspecified atom stereocenters. The van der Waals surface area contributed by atoms with Gasteiger partial charge in [-0.1, -0.05) is 77.5 Å². The van der Waals surface area contributed by atoms with E-state index in [9.17, 15) is 4.79 Å². The number of ether oxygens (including phenoxy) is 2. The third kappa shape index (κ3) is 6.89. The molecular formula is C33H52O4Si. The first kappa shape index (κ1) is 30.8. The molecule has 2 aliphatic rings. The summed E-state index contributed by atoms with van der Waals surface area (Å²) in [6, 6.07) is 7.93. The summed E-state index contributed by atoms with van der Waals surface area (Å²) >= 11 is 0. The fourth-order valence-corrected chi connectivity index (χ4v) is 7.00. The Morgan fingerprint density at radius 1 is 1.16 bits per heavy atom. The minimum absolute atomic E-state index is 0.0484. The van der Waals surface area contributed by atoms with Crippen LogP contribution in [-0.4, -0.2) is 33.9 Å². The number of rotatable bonds is 10. The lowest BCUT2D eigenvalue weighted by molar-refractivity contribution is -0.142. The molecule has 0 N–H and O–H groups in total. The monoisotopic (exact) mass is 540 g/mol. The van der Waals surface area contributed by atoms with Crippen molar-refractivity contribution in [2.75, 3.05) is 13.7 Å². The maximum absolute atomic E-state index is 14.1. The fourth-order valence-electron chi connectivity index (χ4n) is 5.91. The molecule has 4 nitrogen and oxygen atoms in total. The molecule has 0 heterocycles. The van der Waals surface area contributed by atoms with E-state index in [1.54, 1.807) is 7.11 Å². The zero-order valence-electron chi connectivity index (χ0n) is 25.5. The number of carbonyl (C=O) groups is 1. The van der Waals surface area contributed by atoms with Gasteiger partial charge in [-0.3, -0.25) is 4.79 Å². The lowest BCUT2D eigenvalue weighted by Gasteiger charge is -2.36. The van der Waals surface area contributed by atoms with E-state index in [4.69, 9.17) is 13.9 Å². The van der Waals surface area contributed by atoms with E-state index in [0.29, 0.717) is 6.61 Å². The third-order valence-electron chi connectivity index (χ3n) is 9.82. The Morgan fingerprint density at radius 2 is 1.82 bits per heavy atom. The van der Waals surface area contributed by atoms with E-state index in [0.717, 1.165) is 50.0 Å². The van der Waals surface area contributed by atoms with Crippen molar-refractivity contribution >= 4 is 14.1 Å². The molecule has 0 saturated heterocycles. The van der Waals surface area contributed by atoms with Crippen molar-refractivity contribution in [2.24, 2.45) is 23.2 Å². The Hall–Kier alpha value is -1.69. The summed E-state index contributed by atoms with van der Waals surface area (Å²) in [6.45, 7) is 23.8. The molecule has 0 aliphatic heterocycles. The molecule has 0 radical (unpaired) electrons. The Labute approximate surface area is 233 Å². The van der Waals surface area contributed by atoms with Gasteiger partial charge in [0.25, 0.3) is 0 Å². The number of ketones is 1. The van der Waals surface area contributed by atoms with Crippen LogP contribution in [0.5, 0.6) is 5.75 Å². The van der Waals surface area contributed by atoms with Crippen LogP contribution < -0.4 is 4.74 Å². The number of benzene rings is 1. The standard InChI is InChI=1S/C33H52O4Si/c1-23(12-11-21-37-38(9,10)32(3,4)5)28-19-15-26-16-20-29(33(26,6)7)31(30(34)24(28)2)36-22-25-13-17-27(35-8)18-14-25/h13-15,17-18,24,28-29,31H,1,11-12,16,19-22H2,2-10H3/b26-15-/t24-,28-,29-,31-/m1/s1. The van der Waals surface area contributed by atoms with Gasteiger partial charge in [0.05, 0.1) is 13.7 Å². The van der Waals surface area contributed by atoms with Gasteiger partial charge >= 0.3 is 0 Å². The van der Waals surface area contributed by atoms with Gasteiger partial charge in [0.1, 0.15) is 11.9 Å².